The van der Waals surface area contributed by atoms with Crippen molar-refractivity contribution in [3.63, 3.8) is 0 Å². The number of aliphatic hydroxyl groups is 1. The lowest BCUT2D eigenvalue weighted by Crippen LogP contribution is -2.26. The first kappa shape index (κ1) is 22.1. The third-order valence-electron chi connectivity index (χ3n) is 6.25. The lowest BCUT2D eigenvalue weighted by atomic mass is 9.84. The lowest BCUT2D eigenvalue weighted by Gasteiger charge is -2.24. The van der Waals surface area contributed by atoms with E-state index < -0.39 is 11.9 Å². The largest absolute Gasteiger partial charge is 0.433 e. The van der Waals surface area contributed by atoms with Gasteiger partial charge < -0.3 is 5.11 Å². The van der Waals surface area contributed by atoms with Crippen LogP contribution < -0.4 is 0 Å². The zero-order valence-electron chi connectivity index (χ0n) is 18.4. The zero-order valence-corrected chi connectivity index (χ0v) is 18.4. The van der Waals surface area contributed by atoms with Crippen molar-refractivity contribution in [3.05, 3.63) is 70.3 Å². The van der Waals surface area contributed by atoms with Crippen molar-refractivity contribution in [1.82, 2.24) is 24.7 Å². The van der Waals surface area contributed by atoms with Crippen LogP contribution in [0.5, 0.6) is 0 Å². The fourth-order valence-electron chi connectivity index (χ4n) is 4.49. The minimum atomic E-state index is -4.54. The highest BCUT2D eigenvalue weighted by atomic mass is 19.4. The number of fused-ring (bicyclic) bond motifs is 2. The normalized spacial score (nSPS) is 16.2. The summed E-state index contributed by atoms with van der Waals surface area (Å²) in [7, 11) is 0. The number of pyridine rings is 1. The number of ketones is 1. The molecule has 0 saturated heterocycles. The Balaban J connectivity index is 1.46. The van der Waals surface area contributed by atoms with Crippen LogP contribution in [0.1, 0.15) is 50.9 Å². The van der Waals surface area contributed by atoms with Gasteiger partial charge in [-0.1, -0.05) is 12.1 Å². The molecule has 0 radical (unpaired) electrons. The lowest BCUT2D eigenvalue weighted by molar-refractivity contribution is -0.140. The minimum Gasteiger partial charge on any atom is -0.390 e. The number of nitrogens with zero attached hydrogens (tertiary/aromatic N) is 5. The first-order valence-electron chi connectivity index (χ1n) is 10.7. The number of hydrogen-bond donors (Lipinski definition) is 1. The van der Waals surface area contributed by atoms with Crippen LogP contribution in [0.25, 0.3) is 22.4 Å². The maximum absolute atomic E-state index is 13.3. The highest BCUT2D eigenvalue weighted by Gasteiger charge is 2.34. The van der Waals surface area contributed by atoms with E-state index in [0.717, 1.165) is 17.2 Å². The molecule has 7 nitrogen and oxygen atoms in total. The Morgan fingerprint density at radius 2 is 1.91 bits per heavy atom. The number of hydrogen-bond acceptors (Lipinski definition) is 6. The SMILES string of the molecule is Cc1cc(-c2ncc3nc(C(F)(F)F)ccc3n2)ccc1C1CCn2nc(CO)c(C)c2C1=O. The Labute approximate surface area is 192 Å². The van der Waals surface area contributed by atoms with Gasteiger partial charge in [-0.2, -0.15) is 18.3 Å². The molecule has 1 aliphatic heterocycles. The first-order chi connectivity index (χ1) is 16.2. The molecule has 0 spiro atoms. The smallest absolute Gasteiger partial charge is 0.390 e. The molecule has 4 heterocycles. The van der Waals surface area contributed by atoms with E-state index in [1.54, 1.807) is 11.6 Å². The molecule has 0 aliphatic carbocycles. The van der Waals surface area contributed by atoms with Crippen LogP contribution in [0.15, 0.2) is 36.5 Å². The summed E-state index contributed by atoms with van der Waals surface area (Å²) >= 11 is 0. The standard InChI is InChI=1S/C24H20F3N5O2/c1-12-9-14(23-28-10-18-17(30-23)5-6-20(29-18)24(25,26)27)3-4-15(12)16-7-8-32-21(22(16)34)13(2)19(11-33)31-32/h3-6,9-10,16,33H,7-8,11H2,1-2H3. The van der Waals surface area contributed by atoms with Gasteiger partial charge >= 0.3 is 6.18 Å². The number of alkyl halides is 3. The third kappa shape index (κ3) is 3.63. The predicted molar refractivity (Wildman–Crippen MR) is 117 cm³/mol. The molecule has 0 bridgehead atoms. The molecule has 1 N–H and O–H groups in total. The van der Waals surface area contributed by atoms with E-state index in [4.69, 9.17) is 0 Å². The van der Waals surface area contributed by atoms with Crippen molar-refractivity contribution in [2.24, 2.45) is 0 Å². The number of aryl methyl sites for hydroxylation is 2. The van der Waals surface area contributed by atoms with Gasteiger partial charge in [0.2, 0.25) is 0 Å². The Bertz CT molecular complexity index is 1440. The molecule has 0 fully saturated rings. The summed E-state index contributed by atoms with van der Waals surface area (Å²) in [6.45, 7) is 4.07. The van der Waals surface area contributed by atoms with Gasteiger partial charge in [0, 0.05) is 17.7 Å². The predicted octanol–water partition coefficient (Wildman–Crippen LogP) is 4.39. The van der Waals surface area contributed by atoms with Crippen LogP contribution in [0.3, 0.4) is 0 Å². The molecule has 1 aromatic carbocycles. The molecule has 10 heteroatoms. The molecule has 34 heavy (non-hydrogen) atoms. The Morgan fingerprint density at radius 3 is 2.62 bits per heavy atom. The second kappa shape index (κ2) is 7.98. The number of halogens is 3. The molecule has 174 valence electrons. The molecule has 1 aliphatic rings. The summed E-state index contributed by atoms with van der Waals surface area (Å²) in [5.41, 5.74) is 3.61. The highest BCUT2D eigenvalue weighted by Crippen LogP contribution is 2.35. The number of aliphatic hydroxyl groups excluding tert-OH is 1. The van der Waals surface area contributed by atoms with Gasteiger partial charge in [0.25, 0.3) is 0 Å². The fourth-order valence-corrected chi connectivity index (χ4v) is 4.49. The monoisotopic (exact) mass is 467 g/mol. The summed E-state index contributed by atoms with van der Waals surface area (Å²) in [6.07, 6.45) is -2.66. The van der Waals surface area contributed by atoms with Crippen molar-refractivity contribution in [2.45, 2.75) is 45.5 Å². The van der Waals surface area contributed by atoms with E-state index in [9.17, 15) is 23.1 Å². The summed E-state index contributed by atoms with van der Waals surface area (Å²) in [6, 6.07) is 7.74. The van der Waals surface area contributed by atoms with E-state index in [-0.39, 0.29) is 23.8 Å². The molecule has 0 amide bonds. The van der Waals surface area contributed by atoms with Crippen molar-refractivity contribution in [2.75, 3.05) is 0 Å². The van der Waals surface area contributed by atoms with Crippen molar-refractivity contribution in [1.29, 1.82) is 0 Å². The highest BCUT2D eigenvalue weighted by molar-refractivity contribution is 6.01. The van der Waals surface area contributed by atoms with Crippen LogP contribution >= 0.6 is 0 Å². The Hall–Kier alpha value is -3.66. The molecular formula is C24H20F3N5O2. The van der Waals surface area contributed by atoms with E-state index in [1.165, 1.54) is 12.3 Å². The summed E-state index contributed by atoms with van der Waals surface area (Å²) < 4.78 is 40.4. The van der Waals surface area contributed by atoms with Gasteiger partial charge in [0.15, 0.2) is 11.6 Å². The van der Waals surface area contributed by atoms with Gasteiger partial charge in [-0.05, 0) is 49.6 Å². The van der Waals surface area contributed by atoms with E-state index in [2.05, 4.69) is 20.1 Å². The van der Waals surface area contributed by atoms with E-state index in [1.807, 2.05) is 25.1 Å². The molecule has 1 unspecified atom stereocenters. The van der Waals surface area contributed by atoms with Crippen LogP contribution in [0.2, 0.25) is 0 Å². The van der Waals surface area contributed by atoms with Crippen molar-refractivity contribution < 1.29 is 23.1 Å². The topological polar surface area (TPSA) is 93.8 Å². The van der Waals surface area contributed by atoms with E-state index >= 15 is 0 Å². The van der Waals surface area contributed by atoms with Gasteiger partial charge in [0.05, 0.1) is 29.9 Å². The number of carbonyl (C=O) groups is 1. The third-order valence-corrected chi connectivity index (χ3v) is 6.25. The quantitative estimate of drug-likeness (QED) is 0.481. The molecule has 4 aromatic rings. The fraction of sp³-hybridized carbons (Fsp3) is 0.292. The van der Waals surface area contributed by atoms with Gasteiger partial charge in [0.1, 0.15) is 16.9 Å². The average molecular weight is 467 g/mol. The maximum atomic E-state index is 13.3. The van der Waals surface area contributed by atoms with Gasteiger partial charge in [-0.15, -0.1) is 0 Å². The summed E-state index contributed by atoms with van der Waals surface area (Å²) in [5.74, 6) is 0.00601. The summed E-state index contributed by atoms with van der Waals surface area (Å²) in [5, 5.41) is 13.8. The number of benzene rings is 1. The summed E-state index contributed by atoms with van der Waals surface area (Å²) in [4.78, 5) is 25.5. The second-order valence-corrected chi connectivity index (χ2v) is 8.37. The number of carbonyl (C=O) groups excluding carboxylic acids is 1. The van der Waals surface area contributed by atoms with Crippen LogP contribution in [0, 0.1) is 13.8 Å². The molecule has 1 atom stereocenters. The van der Waals surface area contributed by atoms with Crippen molar-refractivity contribution >= 4 is 16.8 Å². The maximum Gasteiger partial charge on any atom is 0.433 e. The molecule has 3 aromatic heterocycles. The van der Waals surface area contributed by atoms with Gasteiger partial charge in [-0.3, -0.25) is 9.48 Å². The Kier molecular flexibility index (Phi) is 5.20. The number of rotatable bonds is 3. The average Bonchev–Trinajstić information content (AvgIpc) is 3.14. The Morgan fingerprint density at radius 1 is 1.12 bits per heavy atom. The van der Waals surface area contributed by atoms with Crippen molar-refractivity contribution in [3.8, 4) is 11.4 Å². The van der Waals surface area contributed by atoms with E-state index in [0.29, 0.717) is 46.8 Å². The second-order valence-electron chi connectivity index (χ2n) is 8.37. The van der Waals surface area contributed by atoms with Crippen LogP contribution in [0.4, 0.5) is 13.2 Å². The molecule has 5 rings (SSSR count). The van der Waals surface area contributed by atoms with Gasteiger partial charge in [-0.25, -0.2) is 15.0 Å². The van der Waals surface area contributed by atoms with Crippen LogP contribution in [-0.2, 0) is 19.3 Å². The molecular weight excluding hydrogens is 447 g/mol. The number of Topliss-reactive ketones (excluding diaryl/α,β-unsaturated/α-hetero) is 1. The first-order valence-corrected chi connectivity index (χ1v) is 10.7. The number of aromatic nitrogens is 5. The van der Waals surface area contributed by atoms with Crippen LogP contribution in [-0.4, -0.2) is 35.6 Å². The minimum absolute atomic E-state index is 0.0275. The molecule has 0 saturated carbocycles. The zero-order chi connectivity index (χ0) is 24.2.